The van der Waals surface area contributed by atoms with E-state index >= 15 is 0 Å². The van der Waals surface area contributed by atoms with E-state index in [9.17, 15) is 24.2 Å². The first-order chi connectivity index (χ1) is 28.7. The summed E-state index contributed by atoms with van der Waals surface area (Å²) in [7, 11) is -4.64. The molecule has 0 heterocycles. The number of benzene rings is 4. The number of unbranched alkanes of at least 4 members (excludes halogenated alkanes) is 18. The van der Waals surface area contributed by atoms with Crippen molar-refractivity contribution < 1.29 is 47.8 Å². The maximum absolute atomic E-state index is 12.8. The van der Waals surface area contributed by atoms with E-state index in [-0.39, 0.29) is 19.4 Å². The number of carbonyl (C=O) groups excluding carboxylic acids is 2. The van der Waals surface area contributed by atoms with Gasteiger partial charge in [0.25, 0.3) is 0 Å². The Balaban J connectivity index is 1.09. The fraction of sp³-hybridized carbons (Fsp3) is 0.625. The van der Waals surface area contributed by atoms with Gasteiger partial charge in [0.1, 0.15) is 12.7 Å². The molecule has 10 nitrogen and oxygen atoms in total. The van der Waals surface area contributed by atoms with E-state index in [0.717, 1.165) is 64.2 Å². The van der Waals surface area contributed by atoms with Gasteiger partial charge in [0.15, 0.2) is 6.10 Å². The lowest BCUT2D eigenvalue weighted by Gasteiger charge is -2.20. The van der Waals surface area contributed by atoms with E-state index in [0.29, 0.717) is 12.8 Å². The molecule has 0 fully saturated rings. The molecule has 0 radical (unpaired) electrons. The van der Waals surface area contributed by atoms with Crippen LogP contribution in [0, 0.1) is 0 Å². The third-order valence-electron chi connectivity index (χ3n) is 11.2. The number of hydrogen-bond acceptors (Lipinski definition) is 9. The van der Waals surface area contributed by atoms with Gasteiger partial charge in [-0.15, -0.1) is 0 Å². The number of aryl methyl sites for hydroxylation is 1. The van der Waals surface area contributed by atoms with E-state index in [4.69, 9.17) is 23.6 Å². The van der Waals surface area contributed by atoms with Gasteiger partial charge in [-0.1, -0.05) is 171 Å². The summed E-state index contributed by atoms with van der Waals surface area (Å²) in [6.45, 7) is 0.0962. The van der Waals surface area contributed by atoms with Crippen molar-refractivity contribution in [3.63, 3.8) is 0 Å². The predicted octanol–water partition coefficient (Wildman–Crippen LogP) is 11.7. The molecule has 4 aromatic carbocycles. The fourth-order valence-corrected chi connectivity index (χ4v) is 8.63. The first-order valence-corrected chi connectivity index (χ1v) is 24.1. The van der Waals surface area contributed by atoms with E-state index in [1.165, 1.54) is 95.7 Å². The van der Waals surface area contributed by atoms with Crippen LogP contribution in [-0.4, -0.2) is 65.7 Å². The molecule has 3 atom stereocenters. The Bertz CT molecular complexity index is 1810. The Morgan fingerprint density at radius 2 is 1.08 bits per heavy atom. The third kappa shape index (κ3) is 18.2. The lowest BCUT2D eigenvalue weighted by atomic mass is 9.90. The predicted molar refractivity (Wildman–Crippen MR) is 237 cm³/mol. The van der Waals surface area contributed by atoms with Gasteiger partial charge in [0, 0.05) is 12.8 Å². The van der Waals surface area contributed by atoms with Crippen molar-refractivity contribution in [1.29, 1.82) is 0 Å². The second-order valence-corrected chi connectivity index (χ2v) is 17.7. The van der Waals surface area contributed by atoms with Crippen LogP contribution in [0.2, 0.25) is 0 Å². The lowest BCUT2D eigenvalue weighted by molar-refractivity contribution is -0.161. The first kappa shape index (κ1) is 48.6. The molecule has 0 saturated heterocycles. The molecule has 2 unspecified atom stereocenters. The molecule has 0 saturated carbocycles. The van der Waals surface area contributed by atoms with Gasteiger partial charge in [-0.05, 0) is 63.6 Å². The molecule has 3 N–H and O–H groups in total. The number of aliphatic hydroxyl groups is 2. The molecule has 0 aliphatic heterocycles. The molecule has 0 aliphatic rings. The topological polar surface area (TPSA) is 149 Å². The summed E-state index contributed by atoms with van der Waals surface area (Å²) < 4.78 is 32.9. The Hall–Kier alpha value is -3.11. The number of hydrogen-bond donors (Lipinski definition) is 3. The third-order valence-corrected chi connectivity index (χ3v) is 12.2. The first-order valence-electron chi connectivity index (χ1n) is 22.6. The van der Waals surface area contributed by atoms with Gasteiger partial charge in [-0.25, -0.2) is 4.57 Å². The van der Waals surface area contributed by atoms with Gasteiger partial charge < -0.3 is 24.6 Å². The minimum atomic E-state index is -4.64. The van der Waals surface area contributed by atoms with Crippen molar-refractivity contribution in [2.24, 2.45) is 0 Å². The quantitative estimate of drug-likeness (QED) is 0.0180. The zero-order valence-corrected chi connectivity index (χ0v) is 36.5. The van der Waals surface area contributed by atoms with Gasteiger partial charge in [-0.2, -0.15) is 0 Å². The van der Waals surface area contributed by atoms with Crippen LogP contribution < -0.4 is 0 Å². The lowest BCUT2D eigenvalue weighted by Crippen LogP contribution is -2.29. The largest absolute Gasteiger partial charge is 0.472 e. The van der Waals surface area contributed by atoms with Crippen LogP contribution in [0.4, 0.5) is 0 Å². The highest BCUT2D eigenvalue weighted by molar-refractivity contribution is 7.47. The summed E-state index contributed by atoms with van der Waals surface area (Å²) >= 11 is 0. The van der Waals surface area contributed by atoms with Gasteiger partial charge in [-0.3, -0.25) is 18.6 Å². The van der Waals surface area contributed by atoms with Crippen molar-refractivity contribution in [2.75, 3.05) is 26.4 Å². The molecular weight excluding hydrogens is 767 g/mol. The molecule has 4 aromatic rings. The van der Waals surface area contributed by atoms with Crippen molar-refractivity contribution in [1.82, 2.24) is 0 Å². The van der Waals surface area contributed by atoms with E-state index in [1.54, 1.807) is 0 Å². The van der Waals surface area contributed by atoms with Crippen molar-refractivity contribution in [3.8, 4) is 0 Å². The zero-order valence-electron chi connectivity index (χ0n) is 35.6. The number of aliphatic hydroxyl groups excluding tert-OH is 2. The summed E-state index contributed by atoms with van der Waals surface area (Å²) in [5.41, 5.74) is 1.40. The standard InChI is InChI=1S/C48H71O10P/c1-2-3-4-5-6-7-8-9-10-11-14-17-20-26-45(51)55-36-43(37-57-59(53,54)56-35-42(50)34-49)58-46(52)27-21-18-15-12-13-16-19-23-38-28-29-41-31-30-39-24-22-25-40-32-33-44(38)48(41)47(39)40/h22,24-25,28-33,42-43,49-50H,2-21,23,26-27,34-37H2,1H3,(H,53,54)/t42?,43-/m1/s1. The minimum absolute atomic E-state index is 0.161. The SMILES string of the molecule is CCCCCCCCCCCCCCCC(=O)OC[C@H](COP(=O)(O)OCC(O)CO)OC(=O)CCCCCCCCCc1ccc2ccc3cccc4ccc1c2c34. The fourth-order valence-electron chi connectivity index (χ4n) is 7.84. The molecule has 0 spiro atoms. The zero-order chi connectivity index (χ0) is 42.1. The van der Waals surface area contributed by atoms with Crippen LogP contribution in [0.15, 0.2) is 54.6 Å². The van der Waals surface area contributed by atoms with Crippen molar-refractivity contribution >= 4 is 52.1 Å². The monoisotopic (exact) mass is 838 g/mol. The van der Waals surface area contributed by atoms with Crippen molar-refractivity contribution in [2.45, 2.75) is 167 Å². The van der Waals surface area contributed by atoms with Crippen LogP contribution in [0.25, 0.3) is 32.3 Å². The summed E-state index contributed by atoms with van der Waals surface area (Å²) in [5, 5.41) is 26.3. The highest BCUT2D eigenvalue weighted by Crippen LogP contribution is 2.43. The maximum Gasteiger partial charge on any atom is 0.472 e. The number of phosphoric ester groups is 1. The molecule has 0 amide bonds. The Morgan fingerprint density at radius 3 is 1.68 bits per heavy atom. The molecular formula is C48H71O10P. The molecule has 0 aliphatic carbocycles. The van der Waals surface area contributed by atoms with E-state index in [1.807, 2.05) is 0 Å². The Morgan fingerprint density at radius 1 is 0.593 bits per heavy atom. The van der Waals surface area contributed by atoms with E-state index < -0.39 is 51.8 Å². The van der Waals surface area contributed by atoms with Crippen molar-refractivity contribution in [3.05, 3.63) is 60.2 Å². The van der Waals surface area contributed by atoms with Crippen LogP contribution >= 0.6 is 7.82 Å². The number of carbonyl (C=O) groups is 2. The van der Waals surface area contributed by atoms with E-state index in [2.05, 4.69) is 61.5 Å². The van der Waals surface area contributed by atoms with Crippen LogP contribution in [0.5, 0.6) is 0 Å². The summed E-state index contributed by atoms with van der Waals surface area (Å²) in [5.74, 6) is -0.941. The highest BCUT2D eigenvalue weighted by Gasteiger charge is 2.27. The van der Waals surface area contributed by atoms with Crippen LogP contribution in [0.3, 0.4) is 0 Å². The average Bonchev–Trinajstić information content (AvgIpc) is 3.24. The molecule has 11 heteroatoms. The normalized spacial score (nSPS) is 13.9. The van der Waals surface area contributed by atoms with Gasteiger partial charge in [0.05, 0.1) is 19.8 Å². The summed E-state index contributed by atoms with van der Waals surface area (Å²) in [4.78, 5) is 35.3. The smallest absolute Gasteiger partial charge is 0.462 e. The molecule has 4 rings (SSSR count). The molecule has 328 valence electrons. The summed E-state index contributed by atoms with van der Waals surface area (Å²) in [6, 6.07) is 20.0. The molecule has 59 heavy (non-hydrogen) atoms. The summed E-state index contributed by atoms with van der Waals surface area (Å²) in [6.07, 6.45) is 21.5. The number of rotatable bonds is 34. The highest BCUT2D eigenvalue weighted by atomic mass is 31.2. The second kappa shape index (κ2) is 27.7. The molecule has 0 bridgehead atoms. The van der Waals surface area contributed by atoms with Gasteiger partial charge in [0.2, 0.25) is 0 Å². The Labute approximate surface area is 352 Å². The number of phosphoric acid groups is 1. The molecule has 0 aromatic heterocycles. The minimum Gasteiger partial charge on any atom is -0.462 e. The number of ether oxygens (including phenoxy) is 2. The van der Waals surface area contributed by atoms with Gasteiger partial charge >= 0.3 is 19.8 Å². The number of esters is 2. The Kier molecular flexibility index (Phi) is 22.8. The van der Waals surface area contributed by atoms with Crippen LogP contribution in [-0.2, 0) is 39.1 Å². The average molecular weight is 839 g/mol. The second-order valence-electron chi connectivity index (χ2n) is 16.2. The maximum atomic E-state index is 12.8. The van der Waals surface area contributed by atoms with Crippen LogP contribution in [0.1, 0.15) is 154 Å².